The highest BCUT2D eigenvalue weighted by Gasteiger charge is 2.28. The van der Waals surface area contributed by atoms with Crippen LogP contribution in [-0.2, 0) is 6.54 Å². The summed E-state index contributed by atoms with van der Waals surface area (Å²) in [6, 6.07) is 17.6. The lowest BCUT2D eigenvalue weighted by molar-refractivity contribution is 0.279. The van der Waals surface area contributed by atoms with E-state index in [1.807, 2.05) is 12.3 Å². The summed E-state index contributed by atoms with van der Waals surface area (Å²) in [5.74, 6) is 0. The molecule has 0 atom stereocenters. The lowest BCUT2D eigenvalue weighted by atomic mass is 10.0. The average Bonchev–Trinajstić information content (AvgIpc) is 3.48. The van der Waals surface area contributed by atoms with Crippen molar-refractivity contribution in [1.29, 1.82) is 0 Å². The second-order valence-electron chi connectivity index (χ2n) is 9.93. The molecule has 0 aliphatic carbocycles. The van der Waals surface area contributed by atoms with Gasteiger partial charge in [0, 0.05) is 36.2 Å². The number of hydrogen-bond acceptors (Lipinski definition) is 5. The summed E-state index contributed by atoms with van der Waals surface area (Å²) in [6.07, 6.45) is 3.90. The number of nitrogens with zero attached hydrogens (tertiary/aromatic N) is 3. The van der Waals surface area contributed by atoms with E-state index in [1.165, 1.54) is 50.3 Å². The summed E-state index contributed by atoms with van der Waals surface area (Å²) in [5, 5.41) is 2.15. The zero-order chi connectivity index (χ0) is 25.4. The Kier molecular flexibility index (Phi) is 6.50. The van der Waals surface area contributed by atoms with E-state index in [-0.39, 0.29) is 0 Å². The highest BCUT2D eigenvalue weighted by Crippen LogP contribution is 2.36. The van der Waals surface area contributed by atoms with Gasteiger partial charge in [-0.2, -0.15) is 0 Å². The molecule has 1 saturated heterocycles. The summed E-state index contributed by atoms with van der Waals surface area (Å²) >= 11 is 0. The van der Waals surface area contributed by atoms with Gasteiger partial charge >= 0.3 is 0 Å². The van der Waals surface area contributed by atoms with Crippen molar-refractivity contribution in [2.24, 2.45) is 0 Å². The van der Waals surface area contributed by atoms with Crippen molar-refractivity contribution in [3.05, 3.63) is 112 Å². The first-order chi connectivity index (χ1) is 17.3. The maximum absolute atomic E-state index is 3.85. The van der Waals surface area contributed by atoms with Crippen molar-refractivity contribution in [2.45, 2.75) is 41.2 Å². The fourth-order valence-corrected chi connectivity index (χ4v) is 5.52. The van der Waals surface area contributed by atoms with E-state index in [4.69, 9.17) is 0 Å². The van der Waals surface area contributed by atoms with Crippen LogP contribution in [0.4, 0.5) is 11.4 Å². The van der Waals surface area contributed by atoms with E-state index in [1.54, 1.807) is 0 Å². The summed E-state index contributed by atoms with van der Waals surface area (Å²) in [5.41, 5.74) is 20.1. The molecule has 5 nitrogen and oxygen atoms in total. The Morgan fingerprint density at radius 1 is 0.833 bits per heavy atom. The molecule has 36 heavy (non-hydrogen) atoms. The van der Waals surface area contributed by atoms with E-state index in [9.17, 15) is 0 Å². The van der Waals surface area contributed by atoms with Crippen LogP contribution in [0.25, 0.3) is 11.8 Å². The van der Waals surface area contributed by atoms with Crippen LogP contribution in [0.15, 0.2) is 61.3 Å². The minimum Gasteiger partial charge on any atom is -0.339 e. The molecule has 2 radical (unpaired) electrons. The Hall–Kier alpha value is -3.70. The molecule has 3 aromatic carbocycles. The molecule has 3 aromatic rings. The SMILES string of the molecule is C=Cc1ccc(CN2NNC=C2c2cc(C)c(N3[C]N(c4c(C)cc(C)cc4C)CC3)c(C)c2)cc1. The van der Waals surface area contributed by atoms with Crippen molar-refractivity contribution in [3.8, 4) is 0 Å². The van der Waals surface area contributed by atoms with E-state index >= 15 is 0 Å². The van der Waals surface area contributed by atoms with Crippen LogP contribution in [-0.4, -0.2) is 18.1 Å². The normalized spacial score (nSPS) is 15.4. The topological polar surface area (TPSA) is 33.8 Å². The third-order valence-corrected chi connectivity index (χ3v) is 7.01. The highest BCUT2D eigenvalue weighted by molar-refractivity contribution is 5.73. The Morgan fingerprint density at radius 3 is 1.94 bits per heavy atom. The van der Waals surface area contributed by atoms with Gasteiger partial charge < -0.3 is 15.2 Å². The number of rotatable bonds is 6. The molecule has 0 bridgehead atoms. The van der Waals surface area contributed by atoms with Gasteiger partial charge in [0.1, 0.15) is 0 Å². The molecule has 2 N–H and O–H groups in total. The van der Waals surface area contributed by atoms with Crippen LogP contribution in [0.5, 0.6) is 0 Å². The summed E-state index contributed by atoms with van der Waals surface area (Å²) < 4.78 is 0. The van der Waals surface area contributed by atoms with Crippen molar-refractivity contribution in [3.63, 3.8) is 0 Å². The molecule has 1 fully saturated rings. The standard InChI is InChI=1S/C31H35N5/c1-7-26-8-10-27(11-9-26)19-36-29(18-32-33-36)28-16-24(5)31(25(6)17-28)35-13-12-34(20-35)30-22(3)14-21(2)15-23(30)4/h7-11,14-18,32-33H,1,12-13,19H2,2-6H3. The van der Waals surface area contributed by atoms with Gasteiger partial charge in [-0.05, 0) is 80.1 Å². The van der Waals surface area contributed by atoms with Crippen molar-refractivity contribution >= 4 is 23.1 Å². The summed E-state index contributed by atoms with van der Waals surface area (Å²) in [7, 11) is 0. The number of hydrazine groups is 2. The van der Waals surface area contributed by atoms with Crippen LogP contribution in [0, 0.1) is 41.3 Å². The first kappa shape index (κ1) is 24.0. The third kappa shape index (κ3) is 4.59. The number of nitrogens with one attached hydrogen (secondary N) is 2. The molecule has 0 unspecified atom stereocenters. The van der Waals surface area contributed by atoms with Crippen molar-refractivity contribution in [2.75, 3.05) is 22.9 Å². The monoisotopic (exact) mass is 477 g/mol. The average molecular weight is 478 g/mol. The van der Waals surface area contributed by atoms with Gasteiger partial charge in [0.05, 0.1) is 12.2 Å². The molecule has 2 aliphatic rings. The van der Waals surface area contributed by atoms with Gasteiger partial charge in [0.15, 0.2) is 0 Å². The molecule has 2 aliphatic heterocycles. The Labute approximate surface area is 215 Å². The summed E-state index contributed by atoms with van der Waals surface area (Å²) in [6.45, 7) is 21.1. The lowest BCUT2D eigenvalue weighted by Crippen LogP contribution is -2.36. The van der Waals surface area contributed by atoms with Crippen LogP contribution in [0.3, 0.4) is 0 Å². The van der Waals surface area contributed by atoms with E-state index in [2.05, 4.69) is 122 Å². The number of anilines is 2. The van der Waals surface area contributed by atoms with Crippen molar-refractivity contribution < 1.29 is 0 Å². The molecule has 5 rings (SSSR count). The first-order valence-corrected chi connectivity index (χ1v) is 12.5. The molecule has 0 aromatic heterocycles. The number of hydrogen-bond donors (Lipinski definition) is 2. The second-order valence-corrected chi connectivity index (χ2v) is 9.93. The summed E-state index contributed by atoms with van der Waals surface area (Å²) in [4.78, 5) is 4.56. The molecule has 184 valence electrons. The first-order valence-electron chi connectivity index (χ1n) is 12.5. The largest absolute Gasteiger partial charge is 0.339 e. The van der Waals surface area contributed by atoms with Crippen LogP contribution in [0.1, 0.15) is 44.5 Å². The molecule has 0 saturated carbocycles. The smallest absolute Gasteiger partial charge is 0.208 e. The molecule has 2 heterocycles. The zero-order valence-corrected chi connectivity index (χ0v) is 21.9. The van der Waals surface area contributed by atoms with E-state index in [0.717, 1.165) is 30.9 Å². The predicted molar refractivity (Wildman–Crippen MR) is 151 cm³/mol. The maximum Gasteiger partial charge on any atom is 0.208 e. The van der Waals surface area contributed by atoms with Gasteiger partial charge in [-0.25, -0.2) is 0 Å². The third-order valence-electron chi connectivity index (χ3n) is 7.01. The molecule has 5 heteroatoms. The zero-order valence-electron chi connectivity index (χ0n) is 21.9. The Balaban J connectivity index is 1.35. The molecular formula is C31H35N5. The minimum absolute atomic E-state index is 0.758. The minimum atomic E-state index is 0.758. The molecule has 0 amide bonds. The Bertz CT molecular complexity index is 1280. The highest BCUT2D eigenvalue weighted by atomic mass is 15.7. The van der Waals surface area contributed by atoms with Gasteiger partial charge in [-0.3, -0.25) is 5.01 Å². The van der Waals surface area contributed by atoms with E-state index < -0.39 is 0 Å². The van der Waals surface area contributed by atoms with E-state index in [0.29, 0.717) is 0 Å². The van der Waals surface area contributed by atoms with Crippen LogP contribution >= 0.6 is 0 Å². The number of aryl methyl sites for hydroxylation is 5. The molecule has 0 spiro atoms. The van der Waals surface area contributed by atoms with Crippen molar-refractivity contribution in [1.82, 2.24) is 16.0 Å². The lowest BCUT2D eigenvalue weighted by Gasteiger charge is -2.26. The maximum atomic E-state index is 3.85. The fourth-order valence-electron chi connectivity index (χ4n) is 5.52. The second kappa shape index (κ2) is 9.75. The predicted octanol–water partition coefficient (Wildman–Crippen LogP) is 6.02. The fraction of sp³-hybridized carbons (Fsp3) is 0.258. The van der Waals surface area contributed by atoms with Crippen LogP contribution in [0.2, 0.25) is 0 Å². The number of benzene rings is 3. The van der Waals surface area contributed by atoms with Gasteiger partial charge in [0.2, 0.25) is 6.67 Å². The van der Waals surface area contributed by atoms with Gasteiger partial charge in [-0.15, -0.1) is 5.53 Å². The molecular weight excluding hydrogens is 442 g/mol. The van der Waals surface area contributed by atoms with Gasteiger partial charge in [0.25, 0.3) is 0 Å². The Morgan fingerprint density at radius 2 is 1.39 bits per heavy atom. The quantitative estimate of drug-likeness (QED) is 0.454. The van der Waals surface area contributed by atoms with Crippen LogP contribution < -0.4 is 20.8 Å². The van der Waals surface area contributed by atoms with Gasteiger partial charge in [-0.1, -0.05) is 54.6 Å².